The number of anilines is 2. The van der Waals surface area contributed by atoms with Crippen molar-refractivity contribution in [2.75, 3.05) is 23.9 Å². The van der Waals surface area contributed by atoms with E-state index in [-0.39, 0.29) is 37.3 Å². The molecule has 1 spiro atoms. The molecule has 11 heteroatoms. The van der Waals surface area contributed by atoms with E-state index in [4.69, 9.17) is 9.47 Å². The summed E-state index contributed by atoms with van der Waals surface area (Å²) in [5.74, 6) is -0.833. The zero-order valence-corrected chi connectivity index (χ0v) is 30.8. The number of ether oxygens (including phenoxy) is 2. The standard InChI is InChI=1S/C41H44FN3O6Si/c1-26-38(52(3,4)42)36(22-37(47)44-24-30-13-9-8-12-29(30)20-32(44)25-46)51-41(26)34-21-33(50-2)18-19-35(34)45(40(41)49)23-27-14-16-31(17-15-27)43-39(48)28-10-6-5-7-11-28/h5-19,21,26,32,36,38,46H,20,22-25H2,1-4H3,(H,43,48)/t26-,32-,36+,38-,41+/m0/s1. The van der Waals surface area contributed by atoms with Gasteiger partial charge in [-0.05, 0) is 78.7 Å². The van der Waals surface area contributed by atoms with Gasteiger partial charge < -0.3 is 33.8 Å². The van der Waals surface area contributed by atoms with Crippen LogP contribution in [0.15, 0.2) is 97.1 Å². The predicted octanol–water partition coefficient (Wildman–Crippen LogP) is 6.61. The summed E-state index contributed by atoms with van der Waals surface area (Å²) in [6.07, 6.45) is -0.447. The van der Waals surface area contributed by atoms with E-state index in [0.29, 0.717) is 41.2 Å². The highest BCUT2D eigenvalue weighted by atomic mass is 28.4. The molecule has 3 aliphatic heterocycles. The number of carbonyl (C=O) groups is 3. The Morgan fingerprint density at radius 3 is 2.37 bits per heavy atom. The van der Waals surface area contributed by atoms with Crippen LogP contribution in [0.4, 0.5) is 15.5 Å². The molecule has 270 valence electrons. The number of carbonyl (C=O) groups excluding carboxylic acids is 3. The Morgan fingerprint density at radius 1 is 1.00 bits per heavy atom. The number of rotatable bonds is 9. The predicted molar refractivity (Wildman–Crippen MR) is 199 cm³/mol. The third kappa shape index (κ3) is 6.31. The second-order valence-corrected chi connectivity index (χ2v) is 18.4. The van der Waals surface area contributed by atoms with E-state index in [9.17, 15) is 19.5 Å². The number of benzene rings is 4. The molecule has 9 nitrogen and oxygen atoms in total. The van der Waals surface area contributed by atoms with Crippen LogP contribution in [0.1, 0.15) is 46.0 Å². The highest BCUT2D eigenvalue weighted by Crippen LogP contribution is 2.60. The lowest BCUT2D eigenvalue weighted by molar-refractivity contribution is -0.151. The average Bonchev–Trinajstić information content (AvgIpc) is 3.57. The van der Waals surface area contributed by atoms with Gasteiger partial charge in [0.05, 0.1) is 44.5 Å². The maximum atomic E-state index is 16.5. The molecular formula is C41H44FN3O6Si. The number of methoxy groups -OCH3 is 1. The molecule has 4 aromatic carbocycles. The lowest BCUT2D eigenvalue weighted by Crippen LogP contribution is -2.48. The van der Waals surface area contributed by atoms with Gasteiger partial charge in [0.15, 0.2) is 5.60 Å². The Labute approximate surface area is 304 Å². The third-order valence-electron chi connectivity index (χ3n) is 11.0. The molecule has 2 N–H and O–H groups in total. The summed E-state index contributed by atoms with van der Waals surface area (Å²) >= 11 is 0. The molecule has 3 amide bonds. The number of nitrogens with zero attached hydrogens (tertiary/aromatic N) is 2. The molecule has 4 aromatic rings. The lowest BCUT2D eigenvalue weighted by Gasteiger charge is -2.37. The molecule has 0 aliphatic carbocycles. The van der Waals surface area contributed by atoms with Crippen LogP contribution in [0.2, 0.25) is 18.6 Å². The van der Waals surface area contributed by atoms with Crippen LogP contribution < -0.4 is 15.0 Å². The van der Waals surface area contributed by atoms with E-state index >= 15 is 4.11 Å². The second-order valence-electron chi connectivity index (χ2n) is 14.6. The van der Waals surface area contributed by atoms with Crippen molar-refractivity contribution in [3.8, 4) is 5.75 Å². The summed E-state index contributed by atoms with van der Waals surface area (Å²) in [5.41, 5.74) is 3.12. The minimum Gasteiger partial charge on any atom is -0.497 e. The molecule has 7 rings (SSSR count). The van der Waals surface area contributed by atoms with Gasteiger partial charge >= 0.3 is 0 Å². The molecule has 1 saturated heterocycles. The van der Waals surface area contributed by atoms with Crippen LogP contribution >= 0.6 is 0 Å². The maximum absolute atomic E-state index is 16.5. The number of nitrogens with one attached hydrogen (secondary N) is 1. The van der Waals surface area contributed by atoms with Gasteiger partial charge in [-0.1, -0.05) is 61.5 Å². The SMILES string of the molecule is COc1ccc2c(c1)[C@@]1(O[C@H](CC(=O)N3Cc4ccccc4C[C@H]3CO)[C@@H]([Si](C)(C)F)[C@@H]1C)C(=O)N2Cc1ccc(NC(=O)c2ccccc2)cc1. The zero-order chi connectivity index (χ0) is 36.8. The van der Waals surface area contributed by atoms with Crippen LogP contribution in [0.5, 0.6) is 5.75 Å². The number of aliphatic hydroxyl groups excluding tert-OH is 1. The Morgan fingerprint density at radius 2 is 1.69 bits per heavy atom. The van der Waals surface area contributed by atoms with Gasteiger partial charge in [-0.2, -0.15) is 0 Å². The molecule has 0 aromatic heterocycles. The Bertz CT molecular complexity index is 1990. The average molecular weight is 722 g/mol. The summed E-state index contributed by atoms with van der Waals surface area (Å²) in [6, 6.07) is 29.1. The topological polar surface area (TPSA) is 108 Å². The maximum Gasteiger partial charge on any atom is 0.264 e. The molecule has 3 heterocycles. The normalized spacial score (nSPS) is 23.8. The van der Waals surface area contributed by atoms with Gasteiger partial charge in [0.1, 0.15) is 5.75 Å². The zero-order valence-electron chi connectivity index (χ0n) is 29.8. The molecule has 1 fully saturated rings. The highest BCUT2D eigenvalue weighted by Gasteiger charge is 2.67. The Hall–Kier alpha value is -4.84. The monoisotopic (exact) mass is 721 g/mol. The van der Waals surface area contributed by atoms with Crippen molar-refractivity contribution in [1.29, 1.82) is 0 Å². The summed E-state index contributed by atoms with van der Waals surface area (Å²) in [6.45, 7) is 5.45. The van der Waals surface area contributed by atoms with Crippen LogP contribution in [0, 0.1) is 5.92 Å². The highest BCUT2D eigenvalue weighted by molar-refractivity contribution is 6.72. The van der Waals surface area contributed by atoms with E-state index in [1.54, 1.807) is 78.5 Å². The third-order valence-corrected chi connectivity index (χ3v) is 13.5. The molecule has 52 heavy (non-hydrogen) atoms. The number of aliphatic hydroxyl groups is 1. The van der Waals surface area contributed by atoms with E-state index in [1.165, 1.54) is 0 Å². The minimum atomic E-state index is -3.54. The fourth-order valence-electron chi connectivity index (χ4n) is 8.51. The molecule has 0 saturated carbocycles. The molecular weight excluding hydrogens is 678 g/mol. The van der Waals surface area contributed by atoms with Crippen LogP contribution in [-0.2, 0) is 39.4 Å². The first kappa shape index (κ1) is 35.6. The van der Waals surface area contributed by atoms with E-state index in [1.807, 2.05) is 55.5 Å². The smallest absolute Gasteiger partial charge is 0.264 e. The van der Waals surface area contributed by atoms with E-state index < -0.39 is 37.6 Å². The van der Waals surface area contributed by atoms with Crippen molar-refractivity contribution < 1.29 is 33.1 Å². The Balaban J connectivity index is 1.17. The quantitative estimate of drug-likeness (QED) is 0.149. The fraction of sp³-hybridized carbons (Fsp3) is 0.341. The van der Waals surface area contributed by atoms with Crippen molar-refractivity contribution in [2.24, 2.45) is 5.92 Å². The molecule has 5 atom stereocenters. The first-order chi connectivity index (χ1) is 24.9. The number of hydrogen-bond donors (Lipinski definition) is 2. The Kier molecular flexibility index (Phi) is 9.53. The van der Waals surface area contributed by atoms with E-state index in [2.05, 4.69) is 5.32 Å². The summed E-state index contributed by atoms with van der Waals surface area (Å²) in [7, 11) is -1.99. The van der Waals surface area contributed by atoms with Gasteiger partial charge in [-0.3, -0.25) is 14.4 Å². The van der Waals surface area contributed by atoms with E-state index in [0.717, 1.165) is 16.7 Å². The van der Waals surface area contributed by atoms with Gasteiger partial charge in [-0.15, -0.1) is 0 Å². The summed E-state index contributed by atoms with van der Waals surface area (Å²) < 4.78 is 29.0. The van der Waals surface area contributed by atoms with Crippen LogP contribution in [0.3, 0.4) is 0 Å². The number of amides is 3. The van der Waals surface area contributed by atoms with Crippen molar-refractivity contribution in [3.05, 3.63) is 125 Å². The largest absolute Gasteiger partial charge is 0.497 e. The minimum absolute atomic E-state index is 0.113. The van der Waals surface area contributed by atoms with Gasteiger partial charge in [0.2, 0.25) is 14.3 Å². The first-order valence-corrected chi connectivity index (χ1v) is 20.7. The van der Waals surface area contributed by atoms with Crippen molar-refractivity contribution >= 4 is 37.5 Å². The molecule has 0 bridgehead atoms. The summed E-state index contributed by atoms with van der Waals surface area (Å²) in [4.78, 5) is 45.0. The number of fused-ring (bicyclic) bond motifs is 3. The number of hydrogen-bond acceptors (Lipinski definition) is 6. The molecule has 3 aliphatic rings. The van der Waals surface area contributed by atoms with Crippen molar-refractivity contribution in [1.82, 2.24) is 4.90 Å². The number of halogens is 1. The molecule has 0 unspecified atom stereocenters. The van der Waals surface area contributed by atoms with Crippen LogP contribution in [-0.4, -0.2) is 62.0 Å². The van der Waals surface area contributed by atoms with Crippen molar-refractivity contribution in [2.45, 2.75) is 69.2 Å². The first-order valence-electron chi connectivity index (χ1n) is 17.7. The lowest BCUT2D eigenvalue weighted by atomic mass is 9.82. The fourth-order valence-corrected chi connectivity index (χ4v) is 11.0. The second kappa shape index (κ2) is 13.9. The van der Waals surface area contributed by atoms with Gasteiger partial charge in [-0.25, -0.2) is 0 Å². The van der Waals surface area contributed by atoms with Gasteiger partial charge in [0, 0.05) is 34.8 Å². The molecule has 0 radical (unpaired) electrons. The van der Waals surface area contributed by atoms with Crippen molar-refractivity contribution in [3.63, 3.8) is 0 Å². The van der Waals surface area contributed by atoms with Crippen LogP contribution in [0.25, 0.3) is 0 Å². The van der Waals surface area contributed by atoms with Gasteiger partial charge in [0.25, 0.3) is 11.8 Å². The summed E-state index contributed by atoms with van der Waals surface area (Å²) in [5, 5.41) is 13.2.